The Morgan fingerprint density at radius 3 is 2.45 bits per heavy atom. The second-order valence-electron chi connectivity index (χ2n) is 2.31. The van der Waals surface area contributed by atoms with Crippen molar-refractivity contribution in [3.8, 4) is 0 Å². The van der Waals surface area contributed by atoms with Gasteiger partial charge in [0.2, 0.25) is 0 Å². The molecule has 0 aliphatic rings. The summed E-state index contributed by atoms with van der Waals surface area (Å²) in [5, 5.41) is 18.0. The largest absolute Gasteiger partial charge is 0.391 e. The number of carbonyl (C=O) groups is 1. The maximum atomic E-state index is 9.92. The summed E-state index contributed by atoms with van der Waals surface area (Å²) in [6, 6.07) is 0. The predicted octanol–water partition coefficient (Wildman–Crippen LogP) is -1.42. The van der Waals surface area contributed by atoms with Crippen LogP contribution in [0.5, 0.6) is 0 Å². The molecule has 0 amide bonds. The Hall–Kier alpha value is -0.490. The average Bonchev–Trinajstić information content (AvgIpc) is 1.88. The molecular weight excluding hydrogens is 150 g/mol. The second kappa shape index (κ2) is 5.20. The van der Waals surface area contributed by atoms with Crippen molar-refractivity contribution in [2.24, 2.45) is 5.90 Å². The highest BCUT2D eigenvalue weighted by Crippen LogP contribution is 2.04. The third-order valence-corrected chi connectivity index (χ3v) is 1.35. The van der Waals surface area contributed by atoms with Crippen LogP contribution >= 0.6 is 0 Å². The van der Waals surface area contributed by atoms with Crippen LogP contribution in [-0.4, -0.2) is 34.8 Å². The number of rotatable bonds is 5. The fraction of sp³-hybridized carbons (Fsp3) is 0.833. The van der Waals surface area contributed by atoms with Gasteiger partial charge in [-0.3, -0.25) is 4.84 Å². The van der Waals surface area contributed by atoms with Crippen LogP contribution in [-0.2, 0) is 9.63 Å². The van der Waals surface area contributed by atoms with Gasteiger partial charge in [0.05, 0.1) is 12.2 Å². The Balaban J connectivity index is 3.90. The van der Waals surface area contributed by atoms with Crippen LogP contribution in [0.3, 0.4) is 0 Å². The number of nitrogens with two attached hydrogens (primary N) is 1. The molecule has 0 aromatic rings. The first-order valence-corrected chi connectivity index (χ1v) is 3.28. The summed E-state index contributed by atoms with van der Waals surface area (Å²) in [6.07, 6.45) is -2.39. The van der Waals surface area contributed by atoms with Crippen LogP contribution in [0.4, 0.5) is 0 Å². The van der Waals surface area contributed by atoms with Crippen molar-refractivity contribution < 1.29 is 19.8 Å². The summed E-state index contributed by atoms with van der Waals surface area (Å²) in [4.78, 5) is 14.2. The first kappa shape index (κ1) is 10.5. The molecule has 0 fully saturated rings. The van der Waals surface area contributed by atoms with Crippen molar-refractivity contribution in [3.05, 3.63) is 0 Å². The summed E-state index contributed by atoms with van der Waals surface area (Å²) in [7, 11) is 0. The van der Waals surface area contributed by atoms with Crippen LogP contribution in [0.1, 0.15) is 13.3 Å². The normalized spacial score (nSPS) is 18.9. The third kappa shape index (κ3) is 3.43. The number of aliphatic hydroxyl groups excluding tert-OH is 2. The lowest BCUT2D eigenvalue weighted by Crippen LogP contribution is -2.40. The van der Waals surface area contributed by atoms with Gasteiger partial charge < -0.3 is 15.0 Å². The van der Waals surface area contributed by atoms with E-state index in [1.807, 2.05) is 0 Å². The summed E-state index contributed by atoms with van der Waals surface area (Å²) in [5.74, 6) is 4.77. The second-order valence-corrected chi connectivity index (χ2v) is 2.31. The quantitative estimate of drug-likeness (QED) is 0.341. The summed E-state index contributed by atoms with van der Waals surface area (Å²) in [6.45, 7) is 1.42. The zero-order valence-electron chi connectivity index (χ0n) is 6.30. The molecule has 0 radical (unpaired) electrons. The molecule has 0 aliphatic heterocycles. The monoisotopic (exact) mass is 163 g/mol. The molecule has 0 unspecified atom stereocenters. The standard InChI is InChI=1S/C6H13NO4/c1-4(9)6(11-7)5(10)2-3-8/h3-6,9-10H,2,7H2,1H3/t4-,5+,6+/m1/s1. The topological polar surface area (TPSA) is 92.8 Å². The van der Waals surface area contributed by atoms with Crippen LogP contribution < -0.4 is 5.90 Å². The van der Waals surface area contributed by atoms with Crippen molar-refractivity contribution in [2.45, 2.75) is 31.7 Å². The van der Waals surface area contributed by atoms with E-state index < -0.39 is 18.3 Å². The third-order valence-electron chi connectivity index (χ3n) is 1.35. The van der Waals surface area contributed by atoms with E-state index in [2.05, 4.69) is 4.84 Å². The molecule has 5 nitrogen and oxygen atoms in total. The van der Waals surface area contributed by atoms with E-state index in [0.717, 1.165) is 0 Å². The van der Waals surface area contributed by atoms with Crippen LogP contribution in [0.15, 0.2) is 0 Å². The average molecular weight is 163 g/mol. The van der Waals surface area contributed by atoms with E-state index in [9.17, 15) is 4.79 Å². The van der Waals surface area contributed by atoms with Crippen molar-refractivity contribution in [1.82, 2.24) is 0 Å². The zero-order valence-corrected chi connectivity index (χ0v) is 6.30. The van der Waals surface area contributed by atoms with Crippen LogP contribution in [0.2, 0.25) is 0 Å². The molecular formula is C6H13NO4. The Kier molecular flexibility index (Phi) is 4.97. The Bertz CT molecular complexity index is 117. The highest BCUT2D eigenvalue weighted by atomic mass is 16.6. The van der Waals surface area contributed by atoms with Gasteiger partial charge in [0.15, 0.2) is 0 Å². The number of carbonyl (C=O) groups excluding carboxylic acids is 1. The molecule has 0 bridgehead atoms. The minimum atomic E-state index is -1.04. The van der Waals surface area contributed by atoms with Gasteiger partial charge in [-0.05, 0) is 6.92 Å². The highest BCUT2D eigenvalue weighted by Gasteiger charge is 2.23. The van der Waals surface area contributed by atoms with E-state index in [4.69, 9.17) is 16.1 Å². The van der Waals surface area contributed by atoms with E-state index in [1.165, 1.54) is 6.92 Å². The zero-order chi connectivity index (χ0) is 8.85. The lowest BCUT2D eigenvalue weighted by Gasteiger charge is -2.21. The van der Waals surface area contributed by atoms with E-state index >= 15 is 0 Å². The molecule has 0 aromatic carbocycles. The molecule has 0 rings (SSSR count). The fourth-order valence-corrected chi connectivity index (χ4v) is 0.759. The van der Waals surface area contributed by atoms with Crippen molar-refractivity contribution in [3.63, 3.8) is 0 Å². The lowest BCUT2D eigenvalue weighted by molar-refractivity contribution is -0.119. The SMILES string of the molecule is C[C@@H](O)[C@H](ON)[C@@H](O)CC=O. The number of hydrogen-bond donors (Lipinski definition) is 3. The molecule has 0 spiro atoms. The Labute approximate surface area is 64.7 Å². The van der Waals surface area contributed by atoms with Gasteiger partial charge >= 0.3 is 0 Å². The maximum Gasteiger partial charge on any atom is 0.130 e. The molecule has 3 atom stereocenters. The highest BCUT2D eigenvalue weighted by molar-refractivity contribution is 5.50. The van der Waals surface area contributed by atoms with Gasteiger partial charge in [-0.15, -0.1) is 0 Å². The smallest absolute Gasteiger partial charge is 0.130 e. The molecule has 66 valence electrons. The molecule has 0 saturated carbocycles. The molecule has 0 heterocycles. The molecule has 4 N–H and O–H groups in total. The molecule has 0 aliphatic carbocycles. The van der Waals surface area contributed by atoms with Crippen LogP contribution in [0, 0.1) is 0 Å². The van der Waals surface area contributed by atoms with E-state index in [1.54, 1.807) is 0 Å². The summed E-state index contributed by atoms with van der Waals surface area (Å²) < 4.78 is 0. The minimum Gasteiger partial charge on any atom is -0.391 e. The van der Waals surface area contributed by atoms with Gasteiger partial charge in [-0.1, -0.05) is 0 Å². The molecule has 11 heavy (non-hydrogen) atoms. The van der Waals surface area contributed by atoms with Crippen molar-refractivity contribution in [2.75, 3.05) is 0 Å². The lowest BCUT2D eigenvalue weighted by atomic mass is 10.1. The first-order valence-electron chi connectivity index (χ1n) is 3.28. The predicted molar refractivity (Wildman–Crippen MR) is 37.4 cm³/mol. The van der Waals surface area contributed by atoms with Crippen molar-refractivity contribution in [1.29, 1.82) is 0 Å². The number of aliphatic hydroxyl groups is 2. The molecule has 0 saturated heterocycles. The number of hydrogen-bond acceptors (Lipinski definition) is 5. The van der Waals surface area contributed by atoms with E-state index in [0.29, 0.717) is 6.29 Å². The van der Waals surface area contributed by atoms with E-state index in [-0.39, 0.29) is 6.42 Å². The first-order chi connectivity index (χ1) is 5.13. The van der Waals surface area contributed by atoms with Gasteiger partial charge in [0, 0.05) is 6.42 Å². The molecule has 5 heteroatoms. The maximum absolute atomic E-state index is 9.92. The molecule has 0 aromatic heterocycles. The Morgan fingerprint density at radius 2 is 2.18 bits per heavy atom. The minimum absolute atomic E-state index is 0.0905. The summed E-state index contributed by atoms with van der Waals surface area (Å²) in [5.41, 5.74) is 0. The number of aldehydes is 1. The van der Waals surface area contributed by atoms with Gasteiger partial charge in [0.1, 0.15) is 12.4 Å². The van der Waals surface area contributed by atoms with Gasteiger partial charge in [-0.2, -0.15) is 0 Å². The Morgan fingerprint density at radius 1 is 1.64 bits per heavy atom. The van der Waals surface area contributed by atoms with Crippen LogP contribution in [0.25, 0.3) is 0 Å². The van der Waals surface area contributed by atoms with Gasteiger partial charge in [-0.25, -0.2) is 5.90 Å². The van der Waals surface area contributed by atoms with Crippen molar-refractivity contribution >= 4 is 6.29 Å². The fourth-order valence-electron chi connectivity index (χ4n) is 0.759. The summed E-state index contributed by atoms with van der Waals surface area (Å²) >= 11 is 0. The van der Waals surface area contributed by atoms with Gasteiger partial charge in [0.25, 0.3) is 0 Å².